The van der Waals surface area contributed by atoms with Crippen molar-refractivity contribution in [3.8, 4) is 0 Å². The van der Waals surface area contributed by atoms with Crippen molar-refractivity contribution in [2.45, 2.75) is 18.9 Å². The Morgan fingerprint density at radius 3 is 2.67 bits per heavy atom. The predicted molar refractivity (Wildman–Crippen MR) is 63.3 cm³/mol. The van der Waals surface area contributed by atoms with Crippen LogP contribution in [0.15, 0.2) is 30.3 Å². The number of anilines is 1. The van der Waals surface area contributed by atoms with Gasteiger partial charge in [-0.3, -0.25) is 4.79 Å². The zero-order valence-corrected chi connectivity index (χ0v) is 9.60. The first-order chi connectivity index (χ1) is 8.61. The molecule has 1 atom stereocenters. The lowest BCUT2D eigenvalue weighted by Gasteiger charge is -2.26. The third kappa shape index (κ3) is 2.25. The molecule has 1 saturated heterocycles. The molecule has 0 spiro atoms. The lowest BCUT2D eigenvalue weighted by molar-refractivity contribution is -0.523. The molecule has 1 aromatic rings. The maximum absolute atomic E-state index is 11.2. The van der Waals surface area contributed by atoms with E-state index in [0.717, 1.165) is 5.12 Å². The first-order valence-corrected chi connectivity index (χ1v) is 5.60. The number of rotatable bonds is 4. The molecule has 0 bridgehead atoms. The highest BCUT2D eigenvalue weighted by Crippen LogP contribution is 2.24. The number of nitro groups is 1. The van der Waals surface area contributed by atoms with Gasteiger partial charge in [-0.1, -0.05) is 18.2 Å². The number of carbonyl (C=O) groups is 1. The van der Waals surface area contributed by atoms with Crippen molar-refractivity contribution in [2.75, 3.05) is 11.7 Å². The highest BCUT2D eigenvalue weighted by molar-refractivity contribution is 5.74. The van der Waals surface area contributed by atoms with E-state index < -0.39 is 17.0 Å². The Kier molecular flexibility index (Phi) is 3.42. The smallest absolute Gasteiger partial charge is 0.323 e. The van der Waals surface area contributed by atoms with E-state index >= 15 is 0 Å². The van der Waals surface area contributed by atoms with E-state index in [1.54, 1.807) is 30.3 Å². The average Bonchev–Trinajstić information content (AvgIpc) is 2.79. The standard InChI is InChI=1S/C11H13N3O4/c15-11(16)10-7-4-8-12(10)13(14(17)18)9-5-2-1-3-6-9/h1-3,5-6,10H,4,7-8H2,(H,15,16)/t10-/m0/s1. The maximum atomic E-state index is 11.2. The Labute approximate surface area is 103 Å². The van der Waals surface area contributed by atoms with Gasteiger partial charge in [-0.15, -0.1) is 5.01 Å². The van der Waals surface area contributed by atoms with Crippen molar-refractivity contribution in [3.63, 3.8) is 0 Å². The number of hydrogen-bond acceptors (Lipinski definition) is 4. The Balaban J connectivity index is 2.31. The molecule has 1 N–H and O–H groups in total. The molecule has 1 aliphatic heterocycles. The lowest BCUT2D eigenvalue weighted by atomic mass is 10.2. The quantitative estimate of drug-likeness (QED) is 0.638. The fraction of sp³-hybridized carbons (Fsp3) is 0.364. The molecule has 0 saturated carbocycles. The second kappa shape index (κ2) is 5.01. The minimum atomic E-state index is -1.03. The predicted octanol–water partition coefficient (Wildman–Crippen LogP) is 1.15. The summed E-state index contributed by atoms with van der Waals surface area (Å²) < 4.78 is 0. The molecule has 2 rings (SSSR count). The summed E-state index contributed by atoms with van der Waals surface area (Å²) in [4.78, 5) is 22.2. The van der Waals surface area contributed by atoms with Crippen LogP contribution in [-0.4, -0.2) is 33.7 Å². The Morgan fingerprint density at radius 2 is 2.11 bits per heavy atom. The van der Waals surface area contributed by atoms with E-state index in [1.165, 1.54) is 5.01 Å². The third-order valence-electron chi connectivity index (χ3n) is 2.89. The minimum Gasteiger partial charge on any atom is -0.480 e. The van der Waals surface area contributed by atoms with Gasteiger partial charge in [0, 0.05) is 6.54 Å². The van der Waals surface area contributed by atoms with Crippen molar-refractivity contribution < 1.29 is 14.9 Å². The zero-order chi connectivity index (χ0) is 13.1. The number of carboxylic acids is 1. The summed E-state index contributed by atoms with van der Waals surface area (Å²) in [5.41, 5.74) is 0.357. The molecule has 0 amide bonds. The van der Waals surface area contributed by atoms with Crippen molar-refractivity contribution >= 4 is 11.7 Å². The SMILES string of the molecule is O=C(O)[C@@H]1CCCN1N(c1ccccc1)[N+](=O)[O-]. The molecular weight excluding hydrogens is 238 g/mol. The van der Waals surface area contributed by atoms with E-state index in [0.29, 0.717) is 25.1 Å². The van der Waals surface area contributed by atoms with Crippen molar-refractivity contribution in [3.05, 3.63) is 40.4 Å². The molecule has 18 heavy (non-hydrogen) atoms. The molecule has 0 radical (unpaired) electrons. The van der Waals surface area contributed by atoms with Gasteiger partial charge >= 0.3 is 5.97 Å². The van der Waals surface area contributed by atoms with E-state index in [4.69, 9.17) is 5.11 Å². The van der Waals surface area contributed by atoms with E-state index in [9.17, 15) is 14.9 Å². The average molecular weight is 251 g/mol. The normalized spacial score (nSPS) is 19.7. The molecule has 0 aromatic heterocycles. The van der Waals surface area contributed by atoms with Crippen LogP contribution in [0, 0.1) is 10.1 Å². The molecule has 7 heteroatoms. The summed E-state index contributed by atoms with van der Waals surface area (Å²) in [6, 6.07) is 7.44. The molecule has 7 nitrogen and oxygen atoms in total. The zero-order valence-electron chi connectivity index (χ0n) is 9.60. The van der Waals surface area contributed by atoms with E-state index in [-0.39, 0.29) is 0 Å². The van der Waals surface area contributed by atoms with Crippen LogP contribution in [0.3, 0.4) is 0 Å². The van der Waals surface area contributed by atoms with Crippen LogP contribution in [0.1, 0.15) is 12.8 Å². The molecule has 0 aliphatic carbocycles. The van der Waals surface area contributed by atoms with Gasteiger partial charge in [0.05, 0.1) is 0 Å². The monoisotopic (exact) mass is 251 g/mol. The van der Waals surface area contributed by atoms with Crippen LogP contribution in [0.5, 0.6) is 0 Å². The van der Waals surface area contributed by atoms with Crippen molar-refractivity contribution in [1.82, 2.24) is 5.01 Å². The van der Waals surface area contributed by atoms with E-state index in [1.807, 2.05) is 0 Å². The van der Waals surface area contributed by atoms with Crippen LogP contribution < -0.4 is 5.12 Å². The molecule has 0 unspecified atom stereocenters. The summed E-state index contributed by atoms with van der Waals surface area (Å²) in [5, 5.41) is 21.8. The highest BCUT2D eigenvalue weighted by atomic mass is 16.7. The van der Waals surface area contributed by atoms with Crippen LogP contribution in [-0.2, 0) is 4.79 Å². The van der Waals surface area contributed by atoms with E-state index in [2.05, 4.69) is 0 Å². The number of hydrazine groups is 2. The summed E-state index contributed by atoms with van der Waals surface area (Å²) in [6.45, 7) is 0.368. The van der Waals surface area contributed by atoms with Gasteiger partial charge in [0.1, 0.15) is 11.7 Å². The molecule has 96 valence electrons. The second-order valence-electron chi connectivity index (χ2n) is 4.02. The Hall–Kier alpha value is -2.15. The highest BCUT2D eigenvalue weighted by Gasteiger charge is 2.40. The number of para-hydroxylation sites is 1. The van der Waals surface area contributed by atoms with Crippen LogP contribution >= 0.6 is 0 Å². The van der Waals surface area contributed by atoms with Gasteiger partial charge in [0.15, 0.2) is 5.03 Å². The number of aliphatic carboxylic acids is 1. The summed E-state index contributed by atoms with van der Waals surface area (Å²) in [6.07, 6.45) is 1.06. The number of benzene rings is 1. The van der Waals surface area contributed by atoms with Gasteiger partial charge in [0.2, 0.25) is 0 Å². The van der Waals surface area contributed by atoms with Gasteiger partial charge in [0.25, 0.3) is 0 Å². The molecular formula is C11H13N3O4. The molecule has 1 aliphatic rings. The number of nitrogens with zero attached hydrogens (tertiary/aromatic N) is 3. The Bertz CT molecular complexity index is 451. The number of carboxylic acid groups (broad SMARTS) is 1. The van der Waals surface area contributed by atoms with Crippen LogP contribution in [0.4, 0.5) is 5.69 Å². The van der Waals surface area contributed by atoms with Crippen LogP contribution in [0.25, 0.3) is 0 Å². The van der Waals surface area contributed by atoms with Gasteiger partial charge in [-0.2, -0.15) is 0 Å². The second-order valence-corrected chi connectivity index (χ2v) is 4.02. The largest absolute Gasteiger partial charge is 0.480 e. The summed E-state index contributed by atoms with van der Waals surface area (Å²) in [7, 11) is 0. The molecule has 1 heterocycles. The molecule has 1 aromatic carbocycles. The lowest BCUT2D eigenvalue weighted by Crippen LogP contribution is -2.51. The van der Waals surface area contributed by atoms with Gasteiger partial charge < -0.3 is 5.11 Å². The molecule has 1 fully saturated rings. The van der Waals surface area contributed by atoms with Gasteiger partial charge in [-0.25, -0.2) is 10.1 Å². The fourth-order valence-corrected chi connectivity index (χ4v) is 2.13. The van der Waals surface area contributed by atoms with Gasteiger partial charge in [-0.05, 0) is 30.1 Å². The van der Waals surface area contributed by atoms with Crippen LogP contribution in [0.2, 0.25) is 0 Å². The fourth-order valence-electron chi connectivity index (χ4n) is 2.13. The van der Waals surface area contributed by atoms with Crippen molar-refractivity contribution in [1.29, 1.82) is 0 Å². The summed E-state index contributed by atoms with van der Waals surface area (Å²) >= 11 is 0. The third-order valence-corrected chi connectivity index (χ3v) is 2.89. The Morgan fingerprint density at radius 1 is 1.44 bits per heavy atom. The maximum Gasteiger partial charge on any atom is 0.323 e. The summed E-state index contributed by atoms with van der Waals surface area (Å²) in [5.74, 6) is -1.03. The number of hydrogen-bond donors (Lipinski definition) is 1. The van der Waals surface area contributed by atoms with Crippen molar-refractivity contribution in [2.24, 2.45) is 0 Å². The first-order valence-electron chi connectivity index (χ1n) is 5.60. The topological polar surface area (TPSA) is 86.9 Å². The minimum absolute atomic E-state index is 0.357. The first kappa shape index (κ1) is 12.3.